The molecule has 90 valence electrons. The van der Waals surface area contributed by atoms with Crippen LogP contribution >= 0.6 is 0 Å². The van der Waals surface area contributed by atoms with Gasteiger partial charge in [0.15, 0.2) is 0 Å². The number of benzene rings is 1. The van der Waals surface area contributed by atoms with Crippen molar-refractivity contribution in [2.24, 2.45) is 5.73 Å². The minimum Gasteiger partial charge on any atom is -0.368 e. The lowest BCUT2D eigenvalue weighted by Gasteiger charge is -2.22. The Labute approximate surface area is 99.2 Å². The first kappa shape index (κ1) is 13.1. The van der Waals surface area contributed by atoms with Crippen molar-refractivity contribution in [3.05, 3.63) is 35.1 Å². The molecule has 0 aliphatic heterocycles. The second-order valence-electron chi connectivity index (χ2n) is 4.23. The van der Waals surface area contributed by atoms with Gasteiger partial charge >= 0.3 is 0 Å². The van der Waals surface area contributed by atoms with E-state index in [0.717, 1.165) is 0 Å². The van der Waals surface area contributed by atoms with Crippen LogP contribution in [0.3, 0.4) is 0 Å². The molecule has 4 nitrogen and oxygen atoms in total. The summed E-state index contributed by atoms with van der Waals surface area (Å²) in [7, 11) is 0. The molecule has 0 spiro atoms. The number of nitrogens with zero attached hydrogens (tertiary/aromatic N) is 1. The summed E-state index contributed by atoms with van der Waals surface area (Å²) < 4.78 is 13.7. The number of hydrogen-bond donors (Lipinski definition) is 2. The molecule has 0 saturated carbocycles. The number of nitriles is 1. The number of hydrogen-bond acceptors (Lipinski definition) is 3. The van der Waals surface area contributed by atoms with E-state index in [9.17, 15) is 9.18 Å². The fourth-order valence-electron chi connectivity index (χ4n) is 1.21. The molecule has 17 heavy (non-hydrogen) atoms. The Hall–Kier alpha value is -1.93. The maximum Gasteiger partial charge on any atom is 0.237 e. The summed E-state index contributed by atoms with van der Waals surface area (Å²) in [6, 6.07) is 6.31. The van der Waals surface area contributed by atoms with Gasteiger partial charge in [-0.1, -0.05) is 12.1 Å². The molecule has 1 aromatic carbocycles. The van der Waals surface area contributed by atoms with Crippen molar-refractivity contribution in [3.63, 3.8) is 0 Å². The Morgan fingerprint density at radius 1 is 1.59 bits per heavy atom. The van der Waals surface area contributed by atoms with Gasteiger partial charge in [0.1, 0.15) is 11.9 Å². The molecule has 1 rings (SSSR count). The van der Waals surface area contributed by atoms with Crippen LogP contribution in [0.25, 0.3) is 0 Å². The van der Waals surface area contributed by atoms with Crippen LogP contribution in [0.4, 0.5) is 4.39 Å². The van der Waals surface area contributed by atoms with E-state index in [1.165, 1.54) is 6.07 Å². The molecule has 0 aliphatic carbocycles. The van der Waals surface area contributed by atoms with E-state index >= 15 is 0 Å². The summed E-state index contributed by atoms with van der Waals surface area (Å²) >= 11 is 0. The molecule has 0 saturated heterocycles. The summed E-state index contributed by atoms with van der Waals surface area (Å²) in [5.74, 6) is -1.09. The molecule has 1 aromatic rings. The summed E-state index contributed by atoms with van der Waals surface area (Å²) in [5, 5.41) is 11.5. The third-order valence-corrected chi connectivity index (χ3v) is 2.54. The van der Waals surface area contributed by atoms with Crippen LogP contribution in [0.5, 0.6) is 0 Å². The predicted octanol–water partition coefficient (Wildman–Crippen LogP) is 1.05. The molecule has 5 heteroatoms. The summed E-state index contributed by atoms with van der Waals surface area (Å²) in [6.07, 6.45) is 0. The highest BCUT2D eigenvalue weighted by atomic mass is 19.1. The highest BCUT2D eigenvalue weighted by Crippen LogP contribution is 2.13. The third-order valence-electron chi connectivity index (χ3n) is 2.54. The van der Waals surface area contributed by atoms with Crippen LogP contribution in [-0.4, -0.2) is 11.4 Å². The Bertz CT molecular complexity index is 477. The van der Waals surface area contributed by atoms with Crippen molar-refractivity contribution >= 4 is 5.91 Å². The van der Waals surface area contributed by atoms with Crippen LogP contribution in [0.15, 0.2) is 18.2 Å². The van der Waals surface area contributed by atoms with Crippen LogP contribution in [0.1, 0.15) is 25.0 Å². The van der Waals surface area contributed by atoms with E-state index in [4.69, 9.17) is 11.0 Å². The number of amides is 1. The first-order valence-corrected chi connectivity index (χ1v) is 5.11. The van der Waals surface area contributed by atoms with Crippen molar-refractivity contribution < 1.29 is 9.18 Å². The van der Waals surface area contributed by atoms with Crippen molar-refractivity contribution in [3.8, 4) is 6.07 Å². The van der Waals surface area contributed by atoms with Crippen LogP contribution < -0.4 is 11.1 Å². The summed E-state index contributed by atoms with van der Waals surface area (Å²) in [5.41, 5.74) is 4.58. The average Bonchev–Trinajstić information content (AvgIpc) is 2.27. The zero-order chi connectivity index (χ0) is 13.1. The van der Waals surface area contributed by atoms with E-state index in [0.29, 0.717) is 5.56 Å². The van der Waals surface area contributed by atoms with Crippen LogP contribution in [-0.2, 0) is 11.3 Å². The molecule has 1 amide bonds. The highest BCUT2D eigenvalue weighted by Gasteiger charge is 2.24. The maximum atomic E-state index is 13.7. The minimum absolute atomic E-state index is 0.0128. The van der Waals surface area contributed by atoms with Crippen molar-refractivity contribution in [1.29, 1.82) is 5.26 Å². The molecule has 0 aliphatic rings. The maximum absolute atomic E-state index is 13.7. The summed E-state index contributed by atoms with van der Waals surface area (Å²) in [6.45, 7) is 3.36. The second kappa shape index (κ2) is 4.93. The van der Waals surface area contributed by atoms with Gasteiger partial charge in [-0.25, -0.2) is 4.39 Å². The van der Waals surface area contributed by atoms with Gasteiger partial charge < -0.3 is 5.73 Å². The minimum atomic E-state index is -0.922. The Morgan fingerprint density at radius 3 is 2.76 bits per heavy atom. The van der Waals surface area contributed by atoms with E-state index in [1.54, 1.807) is 32.0 Å². The van der Waals surface area contributed by atoms with E-state index in [1.807, 2.05) is 0 Å². The van der Waals surface area contributed by atoms with Gasteiger partial charge in [0.25, 0.3) is 0 Å². The first-order valence-electron chi connectivity index (χ1n) is 5.11. The van der Waals surface area contributed by atoms with E-state index in [-0.39, 0.29) is 12.1 Å². The van der Waals surface area contributed by atoms with Gasteiger partial charge in [-0.05, 0) is 19.9 Å². The van der Waals surface area contributed by atoms with Gasteiger partial charge in [0.05, 0.1) is 11.1 Å². The summed E-state index contributed by atoms with van der Waals surface area (Å²) in [4.78, 5) is 11.1. The predicted molar refractivity (Wildman–Crippen MR) is 61.2 cm³/mol. The van der Waals surface area contributed by atoms with Crippen LogP contribution in [0, 0.1) is 17.1 Å². The standard InChI is InChI=1S/C12H14FN3O/c1-12(2,11(15)17)16-7-9-5-3-4-8(6-14)10(9)13/h3-5,16H,7H2,1-2H3,(H2,15,17). The number of halogens is 1. The van der Waals surface area contributed by atoms with Gasteiger partial charge in [-0.3, -0.25) is 10.1 Å². The van der Waals surface area contributed by atoms with Crippen LogP contribution in [0.2, 0.25) is 0 Å². The topological polar surface area (TPSA) is 78.9 Å². The Morgan fingerprint density at radius 2 is 2.24 bits per heavy atom. The van der Waals surface area contributed by atoms with E-state index < -0.39 is 17.3 Å². The average molecular weight is 235 g/mol. The number of rotatable bonds is 4. The highest BCUT2D eigenvalue weighted by molar-refractivity contribution is 5.83. The molecule has 3 N–H and O–H groups in total. The number of nitrogens with one attached hydrogen (secondary N) is 1. The largest absolute Gasteiger partial charge is 0.368 e. The lowest BCUT2D eigenvalue weighted by atomic mass is 10.0. The lowest BCUT2D eigenvalue weighted by molar-refractivity contribution is -0.123. The Kier molecular flexibility index (Phi) is 3.81. The Balaban J connectivity index is 2.84. The van der Waals surface area contributed by atoms with Gasteiger partial charge in [0, 0.05) is 12.1 Å². The lowest BCUT2D eigenvalue weighted by Crippen LogP contribution is -2.50. The monoisotopic (exact) mass is 235 g/mol. The van der Waals surface area contributed by atoms with Gasteiger partial charge in [0.2, 0.25) is 5.91 Å². The second-order valence-corrected chi connectivity index (χ2v) is 4.23. The number of carbonyl (C=O) groups is 1. The first-order chi connectivity index (χ1) is 7.88. The smallest absolute Gasteiger partial charge is 0.237 e. The fourth-order valence-corrected chi connectivity index (χ4v) is 1.21. The number of nitrogens with two attached hydrogens (primary N) is 1. The van der Waals surface area contributed by atoms with Gasteiger partial charge in [-0.15, -0.1) is 0 Å². The van der Waals surface area contributed by atoms with Crippen molar-refractivity contribution in [2.45, 2.75) is 25.9 Å². The molecule has 0 atom stereocenters. The molecule has 0 heterocycles. The molecule has 0 aromatic heterocycles. The van der Waals surface area contributed by atoms with Gasteiger partial charge in [-0.2, -0.15) is 5.26 Å². The molecule has 0 radical (unpaired) electrons. The zero-order valence-corrected chi connectivity index (χ0v) is 9.75. The molecular weight excluding hydrogens is 221 g/mol. The fraction of sp³-hybridized carbons (Fsp3) is 0.333. The molecule has 0 fully saturated rings. The molecule has 0 unspecified atom stereocenters. The zero-order valence-electron chi connectivity index (χ0n) is 9.75. The van der Waals surface area contributed by atoms with Crippen molar-refractivity contribution in [1.82, 2.24) is 5.32 Å². The third kappa shape index (κ3) is 3.02. The molecular formula is C12H14FN3O. The van der Waals surface area contributed by atoms with Crippen molar-refractivity contribution in [2.75, 3.05) is 0 Å². The van der Waals surface area contributed by atoms with E-state index in [2.05, 4.69) is 5.32 Å². The molecule has 0 bridgehead atoms. The normalized spacial score (nSPS) is 10.9. The number of primary amides is 1. The number of carbonyl (C=O) groups excluding carboxylic acids is 1. The SMILES string of the molecule is CC(C)(NCc1cccc(C#N)c1F)C(N)=O. The quantitative estimate of drug-likeness (QED) is 0.818.